The maximum atomic E-state index is 14.0. The van der Waals surface area contributed by atoms with E-state index in [1.165, 1.54) is 121 Å². The lowest BCUT2D eigenvalue weighted by atomic mass is 9.82. The van der Waals surface area contributed by atoms with Crippen LogP contribution >= 0.6 is 0 Å². The fraction of sp³-hybridized carbons (Fsp3) is 0. The summed E-state index contributed by atoms with van der Waals surface area (Å²) < 4.78 is 0. The molecule has 68 heavy (non-hydrogen) atoms. The van der Waals surface area contributed by atoms with Gasteiger partial charge in [0.1, 0.15) is 0 Å². The maximum absolute atomic E-state index is 14.0. The van der Waals surface area contributed by atoms with Crippen molar-refractivity contribution in [2.45, 2.75) is 0 Å². The number of nitro groups is 2. The first-order valence-electron chi connectivity index (χ1n) is 20.3. The van der Waals surface area contributed by atoms with Crippen LogP contribution in [0.3, 0.4) is 0 Å². The van der Waals surface area contributed by atoms with E-state index in [0.29, 0.717) is 0 Å². The zero-order valence-corrected chi connectivity index (χ0v) is 34.6. The van der Waals surface area contributed by atoms with E-state index in [-0.39, 0.29) is 101 Å². The molecule has 0 aliphatic heterocycles. The van der Waals surface area contributed by atoms with Crippen molar-refractivity contribution in [2.24, 2.45) is 0 Å². The molecule has 0 fully saturated rings. The molecule has 0 saturated heterocycles. The fourth-order valence-electron chi connectivity index (χ4n) is 7.92. The molecule has 7 aromatic rings. The van der Waals surface area contributed by atoms with Gasteiger partial charge >= 0.3 is 0 Å². The Kier molecular flexibility index (Phi) is 10.9. The van der Waals surface area contributed by atoms with Crippen molar-refractivity contribution < 1.29 is 48.2 Å². The number of fused-ring (bicyclic) bond motifs is 4. The Morgan fingerprint density at radius 2 is 0.529 bits per heavy atom. The normalized spacial score (nSPS) is 12.1. The number of anilines is 4. The third-order valence-electron chi connectivity index (χ3n) is 11.2. The topological polar surface area (TPSA) is 271 Å². The fourth-order valence-corrected chi connectivity index (χ4v) is 7.92. The SMILES string of the molecule is O=C(Nc1cccc2c1C(=O)c1cccc(NC(=O)c3ccc([N+](=O)[O-])cc3)c1C2=O)c1ccc(C(=O)Nc2cccc3c2C(=O)c2cccc(NC(=O)c4ccc([N+](=O)[O-])cc4)c2C3=O)cc1. The zero-order chi connectivity index (χ0) is 48.0. The summed E-state index contributed by atoms with van der Waals surface area (Å²) in [6.07, 6.45) is 0. The molecule has 0 saturated carbocycles. The molecule has 0 atom stereocenters. The molecule has 18 heteroatoms. The minimum Gasteiger partial charge on any atom is -0.321 e. The van der Waals surface area contributed by atoms with Crippen LogP contribution in [0.1, 0.15) is 105 Å². The van der Waals surface area contributed by atoms with Gasteiger partial charge in [0.2, 0.25) is 0 Å². The highest BCUT2D eigenvalue weighted by Crippen LogP contribution is 2.38. The van der Waals surface area contributed by atoms with E-state index >= 15 is 0 Å². The number of carbonyl (C=O) groups excluding carboxylic acids is 8. The van der Waals surface area contributed by atoms with E-state index in [1.807, 2.05) is 0 Å². The summed E-state index contributed by atoms with van der Waals surface area (Å²) >= 11 is 0. The maximum Gasteiger partial charge on any atom is 0.269 e. The van der Waals surface area contributed by atoms with Crippen molar-refractivity contribution in [1.82, 2.24) is 0 Å². The largest absolute Gasteiger partial charge is 0.321 e. The van der Waals surface area contributed by atoms with Crippen LogP contribution in [0.4, 0.5) is 34.1 Å². The second-order valence-electron chi connectivity index (χ2n) is 15.2. The van der Waals surface area contributed by atoms with Crippen LogP contribution in [0.25, 0.3) is 0 Å². The molecule has 4 amide bonds. The molecular weight excluding hydrogens is 877 g/mol. The smallest absolute Gasteiger partial charge is 0.269 e. The average molecular weight is 905 g/mol. The van der Waals surface area contributed by atoms with Crippen LogP contribution < -0.4 is 21.3 Å². The number of amides is 4. The lowest BCUT2D eigenvalue weighted by Crippen LogP contribution is -2.26. The molecule has 0 heterocycles. The molecule has 0 unspecified atom stereocenters. The number of nitrogens with zero attached hydrogens (tertiary/aromatic N) is 2. The highest BCUT2D eigenvalue weighted by atomic mass is 16.6. The van der Waals surface area contributed by atoms with Crippen molar-refractivity contribution >= 4 is 80.9 Å². The first kappa shape index (κ1) is 43.2. The summed E-state index contributed by atoms with van der Waals surface area (Å²) in [4.78, 5) is 130. The van der Waals surface area contributed by atoms with Crippen molar-refractivity contribution in [3.8, 4) is 0 Å². The average Bonchev–Trinajstić information content (AvgIpc) is 3.34. The van der Waals surface area contributed by atoms with E-state index in [0.717, 1.165) is 24.3 Å². The van der Waals surface area contributed by atoms with E-state index in [1.54, 1.807) is 0 Å². The lowest BCUT2D eigenvalue weighted by Gasteiger charge is -2.23. The standard InChI is InChI=1S/C50H28N6O12/c57-43-33-7-3-11-37(53-49(63)27-17-21-29(22-18-27)55(65)66)41(33)45(59)31-5-1-9-35(39(31)43)51-47(61)25-13-15-26(16-14-25)48(62)52-36-10-2-6-32-40(36)44(58)34-8-4-12-38(42(34)46(32)60)54-50(64)28-19-23-30(24-20-28)56(67)68/h1-24H,(H,51,61)(H,52,62)(H,53,63)(H,54,64). The second-order valence-corrected chi connectivity index (χ2v) is 15.2. The molecule has 7 aromatic carbocycles. The Morgan fingerprint density at radius 1 is 0.324 bits per heavy atom. The van der Waals surface area contributed by atoms with Gasteiger partial charge in [-0.25, -0.2) is 0 Å². The first-order valence-corrected chi connectivity index (χ1v) is 20.3. The van der Waals surface area contributed by atoms with Gasteiger partial charge in [-0.3, -0.25) is 58.6 Å². The van der Waals surface area contributed by atoms with Crippen LogP contribution in [-0.2, 0) is 0 Å². The van der Waals surface area contributed by atoms with Gasteiger partial charge in [0, 0.05) is 68.8 Å². The summed E-state index contributed by atoms with van der Waals surface area (Å²) in [5.74, 6) is -5.16. The molecule has 0 radical (unpaired) electrons. The van der Waals surface area contributed by atoms with Gasteiger partial charge in [-0.1, -0.05) is 48.5 Å². The molecule has 0 spiro atoms. The number of nitrogens with one attached hydrogen (secondary N) is 4. The van der Waals surface area contributed by atoms with Crippen molar-refractivity contribution in [3.63, 3.8) is 0 Å². The summed E-state index contributed by atoms with van der Waals surface area (Å²) in [5, 5.41) is 32.7. The van der Waals surface area contributed by atoms with E-state index in [4.69, 9.17) is 0 Å². The number of carbonyl (C=O) groups is 8. The summed E-state index contributed by atoms with van der Waals surface area (Å²) in [5.41, 5.74) is -0.526. The summed E-state index contributed by atoms with van der Waals surface area (Å²) in [7, 11) is 0. The molecule has 2 aliphatic rings. The third kappa shape index (κ3) is 7.70. The minimum absolute atomic E-state index is 0.0206. The summed E-state index contributed by atoms with van der Waals surface area (Å²) in [6.45, 7) is 0. The van der Waals surface area contributed by atoms with Gasteiger partial charge < -0.3 is 21.3 Å². The quantitative estimate of drug-likeness (QED) is 0.0749. The number of benzene rings is 7. The molecule has 0 bridgehead atoms. The predicted octanol–water partition coefficient (Wildman–Crippen LogP) is 8.06. The highest BCUT2D eigenvalue weighted by molar-refractivity contribution is 6.34. The summed E-state index contributed by atoms with van der Waals surface area (Å²) in [6, 6.07) is 32.3. The van der Waals surface area contributed by atoms with Gasteiger partial charge in [-0.15, -0.1) is 0 Å². The molecule has 4 N–H and O–H groups in total. The molecule has 9 rings (SSSR count). The Labute approximate surface area is 381 Å². The van der Waals surface area contributed by atoms with E-state index in [9.17, 15) is 58.6 Å². The van der Waals surface area contributed by atoms with Crippen molar-refractivity contribution in [3.05, 3.63) is 233 Å². The van der Waals surface area contributed by atoms with Crippen LogP contribution in [0.2, 0.25) is 0 Å². The van der Waals surface area contributed by atoms with Crippen molar-refractivity contribution in [2.75, 3.05) is 21.3 Å². The third-order valence-corrected chi connectivity index (χ3v) is 11.2. The van der Waals surface area contributed by atoms with Gasteiger partial charge in [-0.05, 0) is 72.8 Å². The second kappa shape index (κ2) is 17.1. The predicted molar refractivity (Wildman–Crippen MR) is 244 cm³/mol. The number of rotatable bonds is 10. The Morgan fingerprint density at radius 3 is 0.735 bits per heavy atom. The molecule has 2 aliphatic carbocycles. The monoisotopic (exact) mass is 904 g/mol. The number of non-ortho nitro benzene ring substituents is 2. The first-order chi connectivity index (χ1) is 32.7. The Hall–Kier alpha value is -10.1. The lowest BCUT2D eigenvalue weighted by molar-refractivity contribution is -0.385. The van der Waals surface area contributed by atoms with Crippen LogP contribution in [0.15, 0.2) is 146 Å². The van der Waals surface area contributed by atoms with Gasteiger partial charge in [0.05, 0.1) is 54.8 Å². The van der Waals surface area contributed by atoms with Gasteiger partial charge in [0.15, 0.2) is 23.1 Å². The Balaban J connectivity index is 0.894. The van der Waals surface area contributed by atoms with Crippen LogP contribution in [-0.4, -0.2) is 56.6 Å². The zero-order valence-electron chi connectivity index (χ0n) is 34.6. The number of hydrogen-bond acceptors (Lipinski definition) is 12. The minimum atomic E-state index is -0.691. The van der Waals surface area contributed by atoms with Crippen molar-refractivity contribution in [1.29, 1.82) is 0 Å². The molecule has 330 valence electrons. The van der Waals surface area contributed by atoms with Gasteiger partial charge in [0.25, 0.3) is 35.0 Å². The van der Waals surface area contributed by atoms with E-state index in [2.05, 4.69) is 21.3 Å². The van der Waals surface area contributed by atoms with Gasteiger partial charge in [-0.2, -0.15) is 0 Å². The number of nitro benzene ring substituents is 2. The van der Waals surface area contributed by atoms with E-state index < -0.39 is 56.6 Å². The number of hydrogen-bond donors (Lipinski definition) is 4. The van der Waals surface area contributed by atoms with Crippen LogP contribution in [0, 0.1) is 20.2 Å². The van der Waals surface area contributed by atoms with Crippen LogP contribution in [0.5, 0.6) is 0 Å². The molecule has 0 aromatic heterocycles. The molecule has 18 nitrogen and oxygen atoms in total. The number of ketones is 4. The highest BCUT2D eigenvalue weighted by Gasteiger charge is 2.36. The Bertz CT molecular complexity index is 3210. The molecular formula is C50H28N6O12.